The molecule has 0 unspecified atom stereocenters. The van der Waals surface area contributed by atoms with Crippen LogP contribution in [0.15, 0.2) is 18.2 Å². The predicted molar refractivity (Wildman–Crippen MR) is 68.3 cm³/mol. The van der Waals surface area contributed by atoms with Crippen LogP contribution in [-0.4, -0.2) is 32.4 Å². The fourth-order valence-electron chi connectivity index (χ4n) is 1.19. The lowest BCUT2D eigenvalue weighted by molar-refractivity contribution is 0.272. The minimum absolute atomic E-state index is 0.0253. The molecule has 100 valence electrons. The minimum Gasteiger partial charge on any atom is -0.492 e. The zero-order valence-corrected chi connectivity index (χ0v) is 10.5. The van der Waals surface area contributed by atoms with Gasteiger partial charge >= 0.3 is 0 Å². The van der Waals surface area contributed by atoms with Gasteiger partial charge in [0.1, 0.15) is 31.4 Å². The maximum atomic E-state index is 11.9. The number of alkyl halides is 1. The molecule has 0 bridgehead atoms. The van der Waals surface area contributed by atoms with Crippen molar-refractivity contribution in [2.45, 2.75) is 0 Å². The van der Waals surface area contributed by atoms with Crippen molar-refractivity contribution in [2.75, 3.05) is 26.4 Å². The second-order valence-electron chi connectivity index (χ2n) is 3.32. The largest absolute Gasteiger partial charge is 0.492 e. The lowest BCUT2D eigenvalue weighted by atomic mass is 10.3. The van der Waals surface area contributed by atoms with E-state index in [1.54, 1.807) is 18.2 Å². The van der Waals surface area contributed by atoms with E-state index >= 15 is 0 Å². The molecule has 4 N–H and O–H groups in total. The van der Waals surface area contributed by atoms with Gasteiger partial charge in [0, 0.05) is 6.07 Å². The maximum absolute atomic E-state index is 11.9. The van der Waals surface area contributed by atoms with Crippen molar-refractivity contribution in [3.8, 4) is 11.5 Å². The first-order valence-electron chi connectivity index (χ1n) is 5.32. The molecule has 1 rings (SSSR count). The van der Waals surface area contributed by atoms with Gasteiger partial charge < -0.3 is 20.5 Å². The Morgan fingerprint density at radius 2 is 2.17 bits per heavy atom. The third kappa shape index (κ3) is 5.09. The van der Waals surface area contributed by atoms with Gasteiger partial charge in [-0.3, -0.25) is 5.41 Å². The summed E-state index contributed by atoms with van der Waals surface area (Å²) in [4.78, 5) is 0. The summed E-state index contributed by atoms with van der Waals surface area (Å²) in [7, 11) is 0. The molecule has 0 atom stereocenters. The molecule has 1 aromatic carbocycles. The van der Waals surface area contributed by atoms with Gasteiger partial charge in [0.15, 0.2) is 5.96 Å². The quantitative estimate of drug-likeness (QED) is 0.401. The number of halogens is 2. The molecule has 0 aliphatic rings. The van der Waals surface area contributed by atoms with Crippen LogP contribution in [0.1, 0.15) is 0 Å². The number of benzene rings is 1. The van der Waals surface area contributed by atoms with Gasteiger partial charge in [-0.1, -0.05) is 11.6 Å². The highest BCUT2D eigenvalue weighted by Gasteiger charge is 2.03. The van der Waals surface area contributed by atoms with Crippen molar-refractivity contribution in [1.82, 2.24) is 5.32 Å². The van der Waals surface area contributed by atoms with Gasteiger partial charge in [0.2, 0.25) is 0 Å². The third-order valence-electron chi connectivity index (χ3n) is 1.92. The number of guanidine groups is 1. The van der Waals surface area contributed by atoms with Crippen LogP contribution in [0.4, 0.5) is 4.39 Å². The Morgan fingerprint density at radius 3 is 2.78 bits per heavy atom. The fraction of sp³-hybridized carbons (Fsp3) is 0.364. The Kier molecular flexibility index (Phi) is 6.07. The Hall–Kier alpha value is -1.69. The summed E-state index contributed by atoms with van der Waals surface area (Å²) in [5, 5.41) is 9.91. The molecule has 0 saturated carbocycles. The van der Waals surface area contributed by atoms with E-state index in [2.05, 4.69) is 5.32 Å². The molecular formula is C11H15ClFN3O2. The molecule has 5 nitrogen and oxygen atoms in total. The molecule has 0 spiro atoms. The van der Waals surface area contributed by atoms with Crippen LogP contribution in [0, 0.1) is 5.41 Å². The second kappa shape index (κ2) is 7.60. The molecular weight excluding hydrogens is 261 g/mol. The Bertz CT molecular complexity index is 404. The average molecular weight is 276 g/mol. The van der Waals surface area contributed by atoms with Crippen molar-refractivity contribution >= 4 is 17.6 Å². The minimum atomic E-state index is -0.564. The molecule has 0 heterocycles. The van der Waals surface area contributed by atoms with Crippen LogP contribution < -0.4 is 20.5 Å². The van der Waals surface area contributed by atoms with Gasteiger partial charge in [-0.15, -0.1) is 0 Å². The zero-order valence-electron chi connectivity index (χ0n) is 9.71. The SMILES string of the molecule is N=C(N)NCCOc1ccc(OCCF)c(Cl)c1. The monoisotopic (exact) mass is 275 g/mol. The van der Waals surface area contributed by atoms with Gasteiger partial charge in [-0.05, 0) is 12.1 Å². The van der Waals surface area contributed by atoms with Crippen LogP contribution in [0.2, 0.25) is 5.02 Å². The van der Waals surface area contributed by atoms with Crippen LogP contribution in [0.3, 0.4) is 0 Å². The van der Waals surface area contributed by atoms with E-state index in [9.17, 15) is 4.39 Å². The number of ether oxygens (including phenoxy) is 2. The molecule has 1 aromatic rings. The Balaban J connectivity index is 2.43. The van der Waals surface area contributed by atoms with Gasteiger partial charge in [-0.25, -0.2) is 4.39 Å². The summed E-state index contributed by atoms with van der Waals surface area (Å²) in [6.07, 6.45) is 0. The molecule has 0 radical (unpaired) electrons. The second-order valence-corrected chi connectivity index (χ2v) is 3.73. The van der Waals surface area contributed by atoms with E-state index in [0.717, 1.165) is 0 Å². The van der Waals surface area contributed by atoms with Crippen LogP contribution in [0.25, 0.3) is 0 Å². The molecule has 0 aliphatic heterocycles. The molecule has 0 fully saturated rings. The van der Waals surface area contributed by atoms with Crippen molar-refractivity contribution < 1.29 is 13.9 Å². The van der Waals surface area contributed by atoms with Crippen molar-refractivity contribution in [3.63, 3.8) is 0 Å². The Labute approximate surface area is 110 Å². The van der Waals surface area contributed by atoms with E-state index in [1.807, 2.05) is 0 Å². The first kappa shape index (κ1) is 14.4. The first-order chi connectivity index (χ1) is 8.63. The summed E-state index contributed by atoms with van der Waals surface area (Å²) >= 11 is 5.93. The molecule has 0 aromatic heterocycles. The maximum Gasteiger partial charge on any atom is 0.185 e. The number of hydrogen-bond donors (Lipinski definition) is 3. The zero-order chi connectivity index (χ0) is 13.4. The van der Waals surface area contributed by atoms with Crippen LogP contribution >= 0.6 is 11.6 Å². The number of rotatable bonds is 7. The van der Waals surface area contributed by atoms with Crippen LogP contribution in [-0.2, 0) is 0 Å². The predicted octanol–water partition coefficient (Wildman–Crippen LogP) is 1.55. The highest BCUT2D eigenvalue weighted by atomic mass is 35.5. The highest BCUT2D eigenvalue weighted by Crippen LogP contribution is 2.28. The summed E-state index contributed by atoms with van der Waals surface area (Å²) in [6, 6.07) is 4.88. The highest BCUT2D eigenvalue weighted by molar-refractivity contribution is 6.32. The van der Waals surface area contributed by atoms with Gasteiger partial charge in [0.05, 0.1) is 11.6 Å². The van der Waals surface area contributed by atoms with E-state index < -0.39 is 6.67 Å². The normalized spacial score (nSPS) is 9.89. The number of nitrogens with two attached hydrogens (primary N) is 1. The molecule has 7 heteroatoms. The van der Waals surface area contributed by atoms with Gasteiger partial charge in [-0.2, -0.15) is 0 Å². The molecule has 0 saturated heterocycles. The van der Waals surface area contributed by atoms with Gasteiger partial charge in [0.25, 0.3) is 0 Å². The lowest BCUT2D eigenvalue weighted by Gasteiger charge is -2.10. The van der Waals surface area contributed by atoms with E-state index in [1.165, 1.54) is 0 Å². The van der Waals surface area contributed by atoms with Crippen molar-refractivity contribution in [2.24, 2.45) is 5.73 Å². The number of hydrogen-bond acceptors (Lipinski definition) is 3. The summed E-state index contributed by atoms with van der Waals surface area (Å²) in [6.45, 7) is 0.182. The van der Waals surface area contributed by atoms with E-state index in [4.69, 9.17) is 32.2 Å². The standard InChI is InChI=1S/C11H15ClFN3O2/c12-9-7-8(17-6-4-16-11(14)15)1-2-10(9)18-5-3-13/h1-2,7H,3-6H2,(H4,14,15,16). The third-order valence-corrected chi connectivity index (χ3v) is 2.22. The fourth-order valence-corrected chi connectivity index (χ4v) is 1.42. The van der Waals surface area contributed by atoms with Crippen molar-refractivity contribution in [3.05, 3.63) is 23.2 Å². The molecule has 0 aliphatic carbocycles. The topological polar surface area (TPSA) is 80.4 Å². The average Bonchev–Trinajstić information content (AvgIpc) is 2.33. The van der Waals surface area contributed by atoms with E-state index in [-0.39, 0.29) is 12.6 Å². The first-order valence-corrected chi connectivity index (χ1v) is 5.70. The lowest BCUT2D eigenvalue weighted by Crippen LogP contribution is -2.33. The molecule has 0 amide bonds. The van der Waals surface area contributed by atoms with E-state index in [0.29, 0.717) is 29.7 Å². The number of nitrogens with one attached hydrogen (secondary N) is 2. The summed E-state index contributed by atoms with van der Waals surface area (Å²) in [5.41, 5.74) is 5.11. The molecule has 18 heavy (non-hydrogen) atoms. The smallest absolute Gasteiger partial charge is 0.185 e. The summed E-state index contributed by atoms with van der Waals surface area (Å²) < 4.78 is 22.4. The Morgan fingerprint density at radius 1 is 1.39 bits per heavy atom. The van der Waals surface area contributed by atoms with Crippen LogP contribution in [0.5, 0.6) is 11.5 Å². The van der Waals surface area contributed by atoms with Crippen molar-refractivity contribution in [1.29, 1.82) is 5.41 Å². The summed E-state index contributed by atoms with van der Waals surface area (Å²) in [5.74, 6) is 0.882.